The summed E-state index contributed by atoms with van der Waals surface area (Å²) in [7, 11) is 0. The van der Waals surface area contributed by atoms with E-state index >= 15 is 0 Å². The summed E-state index contributed by atoms with van der Waals surface area (Å²) in [6.07, 6.45) is 16.4. The third kappa shape index (κ3) is 8.23. The van der Waals surface area contributed by atoms with Gasteiger partial charge in [0.15, 0.2) is 0 Å². The maximum Gasteiger partial charge on any atom is 0.0510 e. The number of ether oxygens (including phenoxy) is 1. The number of nitrogens with one attached hydrogen (secondary N) is 1. The molecule has 3 nitrogen and oxygen atoms in total. The van der Waals surface area contributed by atoms with Crippen LogP contribution in [-0.4, -0.2) is 19.3 Å². The molecule has 1 aliphatic rings. The van der Waals surface area contributed by atoms with Crippen molar-refractivity contribution in [3.05, 3.63) is 0 Å². The summed E-state index contributed by atoms with van der Waals surface area (Å²) < 4.78 is 5.44. The van der Waals surface area contributed by atoms with Gasteiger partial charge >= 0.3 is 0 Å². The first kappa shape index (κ1) is 17.9. The second-order valence-corrected chi connectivity index (χ2v) is 6.37. The van der Waals surface area contributed by atoms with E-state index in [0.717, 1.165) is 13.2 Å². The van der Waals surface area contributed by atoms with Crippen molar-refractivity contribution >= 4 is 0 Å². The largest absolute Gasteiger partial charge is 0.381 e. The SMILES string of the molecule is CCCCCCCCCCCCC(NN)C1CCOC1. The smallest absolute Gasteiger partial charge is 0.0510 e. The fourth-order valence-corrected chi connectivity index (χ4v) is 3.18. The van der Waals surface area contributed by atoms with E-state index in [1.54, 1.807) is 0 Å². The number of hydrogen-bond donors (Lipinski definition) is 2. The number of unbranched alkanes of at least 4 members (excludes halogenated alkanes) is 9. The van der Waals surface area contributed by atoms with Gasteiger partial charge in [0, 0.05) is 18.6 Å². The lowest BCUT2D eigenvalue weighted by atomic mass is 9.94. The fraction of sp³-hybridized carbons (Fsp3) is 1.00. The highest BCUT2D eigenvalue weighted by atomic mass is 16.5. The zero-order chi connectivity index (χ0) is 14.5. The summed E-state index contributed by atoms with van der Waals surface area (Å²) in [4.78, 5) is 0. The second kappa shape index (κ2) is 12.6. The Bertz CT molecular complexity index is 205. The highest BCUT2D eigenvalue weighted by Crippen LogP contribution is 2.20. The van der Waals surface area contributed by atoms with Gasteiger partial charge in [0.1, 0.15) is 0 Å². The topological polar surface area (TPSA) is 47.3 Å². The molecule has 120 valence electrons. The fourth-order valence-electron chi connectivity index (χ4n) is 3.18. The minimum Gasteiger partial charge on any atom is -0.381 e. The normalized spacial score (nSPS) is 20.4. The average molecular weight is 284 g/mol. The van der Waals surface area contributed by atoms with Gasteiger partial charge in [-0.2, -0.15) is 0 Å². The first-order valence-corrected chi connectivity index (χ1v) is 8.92. The third-order valence-electron chi connectivity index (χ3n) is 4.62. The van der Waals surface area contributed by atoms with E-state index in [0.29, 0.717) is 12.0 Å². The first-order valence-electron chi connectivity index (χ1n) is 8.92. The van der Waals surface area contributed by atoms with Gasteiger partial charge in [-0.3, -0.25) is 11.3 Å². The van der Waals surface area contributed by atoms with Gasteiger partial charge in [-0.15, -0.1) is 0 Å². The van der Waals surface area contributed by atoms with Crippen molar-refractivity contribution in [1.82, 2.24) is 5.43 Å². The van der Waals surface area contributed by atoms with Gasteiger partial charge in [-0.25, -0.2) is 0 Å². The van der Waals surface area contributed by atoms with Crippen LogP contribution in [-0.2, 0) is 4.74 Å². The molecule has 0 amide bonds. The third-order valence-corrected chi connectivity index (χ3v) is 4.62. The monoisotopic (exact) mass is 284 g/mol. The van der Waals surface area contributed by atoms with Crippen molar-refractivity contribution < 1.29 is 4.74 Å². The Hall–Kier alpha value is -0.120. The molecule has 0 radical (unpaired) electrons. The zero-order valence-corrected chi connectivity index (χ0v) is 13.5. The predicted octanol–water partition coefficient (Wildman–Crippen LogP) is 4.17. The van der Waals surface area contributed by atoms with Crippen molar-refractivity contribution in [2.75, 3.05) is 13.2 Å². The minimum atomic E-state index is 0.464. The van der Waals surface area contributed by atoms with Crippen LogP contribution in [0.25, 0.3) is 0 Å². The van der Waals surface area contributed by atoms with E-state index in [1.807, 2.05) is 0 Å². The van der Waals surface area contributed by atoms with Gasteiger partial charge < -0.3 is 4.74 Å². The molecule has 1 heterocycles. The molecule has 3 heteroatoms. The summed E-state index contributed by atoms with van der Waals surface area (Å²) in [5.74, 6) is 6.30. The van der Waals surface area contributed by atoms with Gasteiger partial charge in [0.25, 0.3) is 0 Å². The molecule has 2 unspecified atom stereocenters. The second-order valence-electron chi connectivity index (χ2n) is 6.37. The molecule has 0 aromatic rings. The Kier molecular flexibility index (Phi) is 11.3. The van der Waals surface area contributed by atoms with E-state index in [4.69, 9.17) is 10.6 Å². The standard InChI is InChI=1S/C17H36N2O/c1-2-3-4-5-6-7-8-9-10-11-12-17(19-18)16-13-14-20-15-16/h16-17,19H,2-15,18H2,1H3. The van der Waals surface area contributed by atoms with E-state index in [1.165, 1.54) is 77.0 Å². The lowest BCUT2D eigenvalue weighted by molar-refractivity contribution is 0.174. The van der Waals surface area contributed by atoms with E-state index < -0.39 is 0 Å². The quantitative estimate of drug-likeness (QED) is 0.303. The van der Waals surface area contributed by atoms with Crippen molar-refractivity contribution in [3.8, 4) is 0 Å². The Balaban J connectivity index is 1.85. The van der Waals surface area contributed by atoms with E-state index in [2.05, 4.69) is 12.3 Å². The van der Waals surface area contributed by atoms with Crippen LogP contribution in [0.4, 0.5) is 0 Å². The lowest BCUT2D eigenvalue weighted by Crippen LogP contribution is -2.41. The molecule has 1 aliphatic heterocycles. The molecule has 0 aromatic heterocycles. The molecule has 0 aromatic carbocycles. The Morgan fingerprint density at radius 2 is 1.60 bits per heavy atom. The van der Waals surface area contributed by atoms with Crippen LogP contribution in [0.15, 0.2) is 0 Å². The first-order chi connectivity index (χ1) is 9.88. The van der Waals surface area contributed by atoms with Crippen LogP contribution in [0, 0.1) is 5.92 Å². The molecular weight excluding hydrogens is 248 g/mol. The van der Waals surface area contributed by atoms with Crippen LogP contribution in [0.5, 0.6) is 0 Å². The molecule has 0 spiro atoms. The highest BCUT2D eigenvalue weighted by molar-refractivity contribution is 4.77. The number of rotatable bonds is 13. The van der Waals surface area contributed by atoms with Crippen LogP contribution in [0.3, 0.4) is 0 Å². The summed E-state index contributed by atoms with van der Waals surface area (Å²) in [6, 6.07) is 0.464. The highest BCUT2D eigenvalue weighted by Gasteiger charge is 2.24. The molecule has 1 saturated heterocycles. The number of nitrogens with two attached hydrogens (primary N) is 1. The van der Waals surface area contributed by atoms with Gasteiger partial charge in [-0.05, 0) is 12.8 Å². The molecule has 0 bridgehead atoms. The van der Waals surface area contributed by atoms with Crippen LogP contribution in [0.2, 0.25) is 0 Å². The number of hydrogen-bond acceptors (Lipinski definition) is 3. The van der Waals surface area contributed by atoms with Gasteiger partial charge in [0.05, 0.1) is 6.61 Å². The van der Waals surface area contributed by atoms with Crippen LogP contribution >= 0.6 is 0 Å². The molecule has 1 fully saturated rings. The molecule has 3 N–H and O–H groups in total. The van der Waals surface area contributed by atoms with Crippen molar-refractivity contribution in [3.63, 3.8) is 0 Å². The molecular formula is C17H36N2O. The summed E-state index contributed by atoms with van der Waals surface area (Å²) in [5, 5.41) is 0. The Morgan fingerprint density at radius 1 is 1.00 bits per heavy atom. The molecule has 2 atom stereocenters. The maximum absolute atomic E-state index is 5.67. The molecule has 0 saturated carbocycles. The van der Waals surface area contributed by atoms with Crippen molar-refractivity contribution in [2.24, 2.45) is 11.8 Å². The average Bonchev–Trinajstić information content (AvgIpc) is 2.99. The predicted molar refractivity (Wildman–Crippen MR) is 86.5 cm³/mol. The molecule has 0 aliphatic carbocycles. The van der Waals surface area contributed by atoms with Crippen molar-refractivity contribution in [2.45, 2.75) is 90.0 Å². The van der Waals surface area contributed by atoms with Gasteiger partial charge in [-0.1, -0.05) is 71.1 Å². The zero-order valence-electron chi connectivity index (χ0n) is 13.5. The van der Waals surface area contributed by atoms with Gasteiger partial charge in [0.2, 0.25) is 0 Å². The molecule has 1 rings (SSSR count). The van der Waals surface area contributed by atoms with E-state index in [-0.39, 0.29) is 0 Å². The summed E-state index contributed by atoms with van der Waals surface area (Å²) in [6.45, 7) is 4.09. The Morgan fingerprint density at radius 3 is 2.10 bits per heavy atom. The van der Waals surface area contributed by atoms with E-state index in [9.17, 15) is 0 Å². The summed E-state index contributed by atoms with van der Waals surface area (Å²) >= 11 is 0. The van der Waals surface area contributed by atoms with Crippen LogP contribution in [0.1, 0.15) is 84.0 Å². The molecule has 20 heavy (non-hydrogen) atoms. The minimum absolute atomic E-state index is 0.464. The lowest BCUT2D eigenvalue weighted by Gasteiger charge is -2.21. The van der Waals surface area contributed by atoms with Crippen molar-refractivity contribution in [1.29, 1.82) is 0 Å². The maximum atomic E-state index is 5.67. The number of hydrazine groups is 1. The van der Waals surface area contributed by atoms with Crippen LogP contribution < -0.4 is 11.3 Å². The Labute approximate surface area is 126 Å². The summed E-state index contributed by atoms with van der Waals surface area (Å²) in [5.41, 5.74) is 2.99.